The number of nitrogens with two attached hydrogens (primary N) is 1. The van der Waals surface area contributed by atoms with Crippen LogP contribution in [0.1, 0.15) is 30.4 Å². The third-order valence-electron chi connectivity index (χ3n) is 3.65. The van der Waals surface area contributed by atoms with Crippen molar-refractivity contribution in [2.45, 2.75) is 38.3 Å². The van der Waals surface area contributed by atoms with E-state index in [1.807, 2.05) is 18.2 Å². The lowest BCUT2D eigenvalue weighted by Gasteiger charge is -2.24. The fourth-order valence-corrected chi connectivity index (χ4v) is 2.53. The van der Waals surface area contributed by atoms with Crippen LogP contribution in [-0.2, 0) is 22.6 Å². The number of hydrogen-bond donors (Lipinski definition) is 2. The molecule has 5 heteroatoms. The van der Waals surface area contributed by atoms with Crippen molar-refractivity contribution in [2.24, 2.45) is 5.73 Å². The number of rotatable bonds is 4. The van der Waals surface area contributed by atoms with Crippen molar-refractivity contribution in [1.29, 1.82) is 0 Å². The van der Waals surface area contributed by atoms with Gasteiger partial charge in [-0.2, -0.15) is 0 Å². The summed E-state index contributed by atoms with van der Waals surface area (Å²) in [4.78, 5) is 24.6. The quantitative estimate of drug-likeness (QED) is 0.864. The van der Waals surface area contributed by atoms with Gasteiger partial charge < -0.3 is 15.7 Å². The van der Waals surface area contributed by atoms with Crippen molar-refractivity contribution in [3.8, 4) is 0 Å². The normalized spacial score (nSPS) is 16.1. The SMILES string of the molecule is NC(CCC(=O)O)C(=O)N1CCCc2ccccc2C1. The van der Waals surface area contributed by atoms with Crippen molar-refractivity contribution < 1.29 is 14.7 Å². The van der Waals surface area contributed by atoms with Crippen molar-refractivity contribution in [3.63, 3.8) is 0 Å². The molecule has 1 heterocycles. The van der Waals surface area contributed by atoms with E-state index < -0.39 is 12.0 Å². The highest BCUT2D eigenvalue weighted by atomic mass is 16.4. The summed E-state index contributed by atoms with van der Waals surface area (Å²) in [5, 5.41) is 8.65. The zero-order valence-electron chi connectivity index (χ0n) is 11.4. The van der Waals surface area contributed by atoms with Crippen LogP contribution in [0.4, 0.5) is 0 Å². The Morgan fingerprint density at radius 2 is 2.00 bits per heavy atom. The summed E-state index contributed by atoms with van der Waals surface area (Å²) in [6, 6.07) is 7.38. The molecule has 0 saturated heterocycles. The van der Waals surface area contributed by atoms with Crippen LogP contribution in [0.25, 0.3) is 0 Å². The molecule has 1 aliphatic rings. The molecule has 2 rings (SSSR count). The molecular formula is C15H20N2O3. The first-order valence-electron chi connectivity index (χ1n) is 6.91. The Labute approximate surface area is 118 Å². The first kappa shape index (κ1) is 14.5. The van der Waals surface area contributed by atoms with Gasteiger partial charge >= 0.3 is 5.97 Å². The summed E-state index contributed by atoms with van der Waals surface area (Å²) >= 11 is 0. The minimum atomic E-state index is -0.922. The Balaban J connectivity index is 2.02. The van der Waals surface area contributed by atoms with E-state index in [1.165, 1.54) is 5.56 Å². The summed E-state index contributed by atoms with van der Waals surface area (Å²) in [5.41, 5.74) is 8.25. The number of aliphatic carboxylic acids is 1. The molecule has 0 radical (unpaired) electrons. The predicted molar refractivity (Wildman–Crippen MR) is 75.0 cm³/mol. The maximum atomic E-state index is 12.3. The van der Waals surface area contributed by atoms with Gasteiger partial charge in [-0.25, -0.2) is 0 Å². The van der Waals surface area contributed by atoms with Gasteiger partial charge in [-0.15, -0.1) is 0 Å². The van der Waals surface area contributed by atoms with E-state index >= 15 is 0 Å². The van der Waals surface area contributed by atoms with E-state index in [9.17, 15) is 9.59 Å². The lowest BCUT2D eigenvalue weighted by atomic mass is 10.0. The highest BCUT2D eigenvalue weighted by Gasteiger charge is 2.23. The Bertz CT molecular complexity index is 502. The zero-order chi connectivity index (χ0) is 14.5. The molecule has 1 aromatic carbocycles. The number of amides is 1. The predicted octanol–water partition coefficient (Wildman–Crippen LogP) is 1.15. The van der Waals surface area contributed by atoms with E-state index in [2.05, 4.69) is 6.07 Å². The van der Waals surface area contributed by atoms with Crippen LogP contribution in [0.15, 0.2) is 24.3 Å². The minimum absolute atomic E-state index is 0.0721. The van der Waals surface area contributed by atoms with Gasteiger partial charge in [-0.1, -0.05) is 24.3 Å². The summed E-state index contributed by atoms with van der Waals surface area (Å²) in [7, 11) is 0. The number of carboxylic acids is 1. The molecule has 20 heavy (non-hydrogen) atoms. The number of nitrogens with zero attached hydrogens (tertiary/aromatic N) is 1. The first-order valence-corrected chi connectivity index (χ1v) is 6.91. The molecule has 0 spiro atoms. The molecule has 1 aromatic rings. The van der Waals surface area contributed by atoms with Crippen LogP contribution in [-0.4, -0.2) is 34.5 Å². The highest BCUT2D eigenvalue weighted by Crippen LogP contribution is 2.19. The Hall–Kier alpha value is -1.88. The van der Waals surface area contributed by atoms with Gasteiger partial charge in [0, 0.05) is 19.5 Å². The molecule has 5 nitrogen and oxygen atoms in total. The third kappa shape index (κ3) is 3.57. The second-order valence-electron chi connectivity index (χ2n) is 5.17. The summed E-state index contributed by atoms with van der Waals surface area (Å²) in [6.07, 6.45) is 1.99. The largest absolute Gasteiger partial charge is 0.481 e. The number of carboxylic acid groups (broad SMARTS) is 1. The monoisotopic (exact) mass is 276 g/mol. The Kier molecular flexibility index (Phi) is 4.74. The molecule has 0 aromatic heterocycles. The van der Waals surface area contributed by atoms with Crippen LogP contribution in [0.2, 0.25) is 0 Å². The minimum Gasteiger partial charge on any atom is -0.481 e. The van der Waals surface area contributed by atoms with Crippen molar-refractivity contribution in [3.05, 3.63) is 35.4 Å². The van der Waals surface area contributed by atoms with E-state index in [0.29, 0.717) is 13.1 Å². The standard InChI is InChI=1S/C15H20N2O3/c16-13(7-8-14(18)19)15(20)17-9-3-6-11-4-1-2-5-12(11)10-17/h1-2,4-5,13H,3,6-10,16H2,(H,18,19). The van der Waals surface area contributed by atoms with Crippen molar-refractivity contribution in [1.82, 2.24) is 4.90 Å². The molecule has 0 bridgehead atoms. The molecule has 1 aliphatic heterocycles. The molecule has 0 aliphatic carbocycles. The van der Waals surface area contributed by atoms with Gasteiger partial charge in [0.25, 0.3) is 0 Å². The van der Waals surface area contributed by atoms with Crippen molar-refractivity contribution >= 4 is 11.9 Å². The summed E-state index contributed by atoms with van der Waals surface area (Å²) in [5.74, 6) is -1.07. The van der Waals surface area contributed by atoms with E-state index in [-0.39, 0.29) is 18.7 Å². The van der Waals surface area contributed by atoms with Crippen LogP contribution in [0, 0.1) is 0 Å². The van der Waals surface area contributed by atoms with Crippen LogP contribution < -0.4 is 5.73 Å². The van der Waals surface area contributed by atoms with Crippen LogP contribution >= 0.6 is 0 Å². The maximum Gasteiger partial charge on any atom is 0.303 e. The number of hydrogen-bond acceptors (Lipinski definition) is 3. The number of carbonyl (C=O) groups excluding carboxylic acids is 1. The molecule has 0 saturated carbocycles. The van der Waals surface area contributed by atoms with Gasteiger partial charge in [0.15, 0.2) is 0 Å². The molecule has 1 unspecified atom stereocenters. The van der Waals surface area contributed by atoms with Gasteiger partial charge in [0.05, 0.1) is 6.04 Å². The molecule has 3 N–H and O–H groups in total. The molecule has 1 amide bonds. The Morgan fingerprint density at radius 1 is 1.30 bits per heavy atom. The number of benzene rings is 1. The van der Waals surface area contributed by atoms with Gasteiger partial charge in [0.1, 0.15) is 0 Å². The lowest BCUT2D eigenvalue weighted by Crippen LogP contribution is -2.43. The zero-order valence-corrected chi connectivity index (χ0v) is 11.4. The van der Waals surface area contributed by atoms with Gasteiger partial charge in [0.2, 0.25) is 5.91 Å². The lowest BCUT2D eigenvalue weighted by molar-refractivity contribution is -0.137. The summed E-state index contributed by atoms with van der Waals surface area (Å²) < 4.78 is 0. The smallest absolute Gasteiger partial charge is 0.303 e. The van der Waals surface area contributed by atoms with Crippen LogP contribution in [0.5, 0.6) is 0 Å². The third-order valence-corrected chi connectivity index (χ3v) is 3.65. The van der Waals surface area contributed by atoms with Crippen molar-refractivity contribution in [2.75, 3.05) is 6.54 Å². The van der Waals surface area contributed by atoms with E-state index in [4.69, 9.17) is 10.8 Å². The molecule has 108 valence electrons. The molecule has 0 fully saturated rings. The fourth-order valence-electron chi connectivity index (χ4n) is 2.53. The average Bonchev–Trinajstić information content (AvgIpc) is 2.65. The topological polar surface area (TPSA) is 83.6 Å². The van der Waals surface area contributed by atoms with Gasteiger partial charge in [-0.05, 0) is 30.4 Å². The Morgan fingerprint density at radius 3 is 2.70 bits per heavy atom. The first-order chi connectivity index (χ1) is 9.58. The maximum absolute atomic E-state index is 12.3. The second kappa shape index (κ2) is 6.52. The van der Waals surface area contributed by atoms with Gasteiger partial charge in [-0.3, -0.25) is 9.59 Å². The number of fused-ring (bicyclic) bond motifs is 1. The fraction of sp³-hybridized carbons (Fsp3) is 0.467. The van der Waals surface area contributed by atoms with Crippen LogP contribution in [0.3, 0.4) is 0 Å². The molecular weight excluding hydrogens is 256 g/mol. The second-order valence-corrected chi connectivity index (χ2v) is 5.17. The van der Waals surface area contributed by atoms with E-state index in [1.54, 1.807) is 4.90 Å². The number of aryl methyl sites for hydroxylation is 1. The summed E-state index contributed by atoms with van der Waals surface area (Å²) in [6.45, 7) is 1.24. The van der Waals surface area contributed by atoms with E-state index in [0.717, 1.165) is 18.4 Å². The molecule has 1 atom stereocenters. The number of carbonyl (C=O) groups is 2. The highest BCUT2D eigenvalue weighted by molar-refractivity contribution is 5.82. The average molecular weight is 276 g/mol.